The molecule has 2 aliphatic rings. The second-order valence-electron chi connectivity index (χ2n) is 6.54. The summed E-state index contributed by atoms with van der Waals surface area (Å²) in [6.07, 6.45) is 7.92. The van der Waals surface area contributed by atoms with E-state index in [1.807, 2.05) is 0 Å². The van der Waals surface area contributed by atoms with Crippen LogP contribution in [0.3, 0.4) is 0 Å². The van der Waals surface area contributed by atoms with Crippen molar-refractivity contribution in [2.24, 2.45) is 0 Å². The molecule has 1 atom stereocenters. The molecule has 0 radical (unpaired) electrons. The van der Waals surface area contributed by atoms with Gasteiger partial charge in [0, 0.05) is 0 Å². The van der Waals surface area contributed by atoms with Gasteiger partial charge in [0.1, 0.15) is 0 Å². The van der Waals surface area contributed by atoms with Crippen LogP contribution in [0.1, 0.15) is 48.8 Å². The summed E-state index contributed by atoms with van der Waals surface area (Å²) in [7, 11) is 0. The normalized spacial score (nSPS) is 18.5. The zero-order valence-electron chi connectivity index (χ0n) is 13.1. The van der Waals surface area contributed by atoms with Crippen LogP contribution in [0.4, 0.5) is 0 Å². The van der Waals surface area contributed by atoms with Crippen molar-refractivity contribution in [1.82, 2.24) is 0 Å². The quantitative estimate of drug-likeness (QED) is 0.707. The Morgan fingerprint density at radius 2 is 1.86 bits per heavy atom. The van der Waals surface area contributed by atoms with E-state index in [0.29, 0.717) is 11.8 Å². The summed E-state index contributed by atoms with van der Waals surface area (Å²) in [6.45, 7) is 4.62. The van der Waals surface area contributed by atoms with Gasteiger partial charge < -0.3 is 0 Å². The molecule has 2 aromatic rings. The van der Waals surface area contributed by atoms with Crippen LogP contribution in [0.2, 0.25) is 0 Å². The molecule has 0 fully saturated rings. The standard InChI is InChI=1S/C21H19.Zr/c1-14(2)16-11-12-18-17-9-5-6-10-19(17)21(20(18)13-16)15-7-3-4-8-15;/h3-7,9-12,14,21H,8H2,1-2H3;. The molecule has 0 spiro atoms. The van der Waals surface area contributed by atoms with Crippen LogP contribution in [0.25, 0.3) is 11.1 Å². The van der Waals surface area contributed by atoms with Crippen LogP contribution in [-0.4, -0.2) is 0 Å². The number of benzene rings is 2. The summed E-state index contributed by atoms with van der Waals surface area (Å²) in [4.78, 5) is 0. The van der Waals surface area contributed by atoms with Gasteiger partial charge in [-0.3, -0.25) is 0 Å². The zero-order valence-corrected chi connectivity index (χ0v) is 15.5. The maximum atomic E-state index is 2.36. The molecule has 1 heteroatoms. The molecule has 4 rings (SSSR count). The first-order valence-corrected chi connectivity index (χ1v) is 9.24. The van der Waals surface area contributed by atoms with Gasteiger partial charge in [-0.15, -0.1) is 0 Å². The van der Waals surface area contributed by atoms with Gasteiger partial charge in [0.05, 0.1) is 0 Å². The van der Waals surface area contributed by atoms with Crippen molar-refractivity contribution in [3.8, 4) is 11.1 Å². The SMILES string of the molecule is CC(C)c1ccc2c([c]1[Zr])C(C1=CC=CC1)c1ccccc1-2. The van der Waals surface area contributed by atoms with Crippen molar-refractivity contribution in [3.63, 3.8) is 0 Å². The van der Waals surface area contributed by atoms with Gasteiger partial charge in [-0.2, -0.15) is 0 Å². The number of rotatable bonds is 2. The minimum absolute atomic E-state index is 0.467. The molecule has 0 saturated heterocycles. The Balaban J connectivity index is 1.99. The van der Waals surface area contributed by atoms with Crippen LogP contribution in [0.5, 0.6) is 0 Å². The van der Waals surface area contributed by atoms with Crippen molar-refractivity contribution in [2.45, 2.75) is 32.1 Å². The molecule has 1 unspecified atom stereocenters. The van der Waals surface area contributed by atoms with Gasteiger partial charge in [-0.25, -0.2) is 0 Å². The molecule has 2 aliphatic carbocycles. The molecule has 0 bridgehead atoms. The predicted octanol–water partition coefficient (Wildman–Crippen LogP) is 4.98. The average molecular weight is 363 g/mol. The first-order chi connectivity index (χ1) is 10.7. The van der Waals surface area contributed by atoms with E-state index in [1.165, 1.54) is 47.0 Å². The number of fused-ring (bicyclic) bond motifs is 3. The van der Waals surface area contributed by atoms with E-state index in [1.54, 1.807) is 14.4 Å². The van der Waals surface area contributed by atoms with E-state index in [4.69, 9.17) is 0 Å². The number of hydrogen-bond acceptors (Lipinski definition) is 0. The molecule has 0 aliphatic heterocycles. The number of allylic oxidation sites excluding steroid dienone is 4. The molecule has 0 saturated carbocycles. The monoisotopic (exact) mass is 361 g/mol. The van der Waals surface area contributed by atoms with Crippen molar-refractivity contribution in [1.29, 1.82) is 0 Å². The summed E-state index contributed by atoms with van der Waals surface area (Å²) in [5.74, 6) is 1.06. The van der Waals surface area contributed by atoms with Crippen molar-refractivity contribution < 1.29 is 24.7 Å². The molecule has 2 aromatic carbocycles. The predicted molar refractivity (Wildman–Crippen MR) is 89.3 cm³/mol. The Morgan fingerprint density at radius 3 is 2.59 bits per heavy atom. The fraction of sp³-hybridized carbons (Fsp3) is 0.238. The Morgan fingerprint density at radius 1 is 1.05 bits per heavy atom. The fourth-order valence-electron chi connectivity index (χ4n) is 3.86. The van der Waals surface area contributed by atoms with Crippen molar-refractivity contribution in [2.75, 3.05) is 0 Å². The van der Waals surface area contributed by atoms with Gasteiger partial charge in [-0.1, -0.05) is 0 Å². The second kappa shape index (κ2) is 5.46. The molecular weight excluding hydrogens is 343 g/mol. The first-order valence-electron chi connectivity index (χ1n) is 8.01. The Labute approximate surface area is 147 Å². The average Bonchev–Trinajstić information content (AvgIpc) is 3.12. The Bertz CT molecular complexity index is 809. The van der Waals surface area contributed by atoms with Crippen molar-refractivity contribution >= 4 is 3.27 Å². The fourth-order valence-corrected chi connectivity index (χ4v) is 5.46. The zero-order chi connectivity index (χ0) is 15.3. The van der Waals surface area contributed by atoms with E-state index in [0.717, 1.165) is 6.42 Å². The van der Waals surface area contributed by atoms with Gasteiger partial charge in [0.2, 0.25) is 0 Å². The second-order valence-corrected chi connectivity index (χ2v) is 7.77. The van der Waals surface area contributed by atoms with Crippen LogP contribution in [0, 0.1) is 0 Å². The van der Waals surface area contributed by atoms with E-state index in [-0.39, 0.29) is 0 Å². The number of hydrogen-bond donors (Lipinski definition) is 0. The summed E-state index contributed by atoms with van der Waals surface area (Å²) < 4.78 is 1.58. The minimum atomic E-state index is 0.467. The molecule has 0 heterocycles. The third kappa shape index (κ3) is 2.06. The molecule has 0 aromatic heterocycles. The van der Waals surface area contributed by atoms with Crippen LogP contribution in [-0.2, 0) is 24.7 Å². The van der Waals surface area contributed by atoms with Gasteiger partial charge >= 0.3 is 148 Å². The summed E-state index contributed by atoms with van der Waals surface area (Å²) >= 11 is 1.54. The van der Waals surface area contributed by atoms with E-state index < -0.39 is 0 Å². The molecule has 0 N–H and O–H groups in total. The van der Waals surface area contributed by atoms with Crippen LogP contribution < -0.4 is 3.27 Å². The van der Waals surface area contributed by atoms with Crippen molar-refractivity contribution in [3.05, 3.63) is 76.9 Å². The van der Waals surface area contributed by atoms with Gasteiger partial charge in [-0.05, 0) is 0 Å². The van der Waals surface area contributed by atoms with Gasteiger partial charge in [0.25, 0.3) is 0 Å². The van der Waals surface area contributed by atoms with Crippen LogP contribution >= 0.6 is 0 Å². The summed E-state index contributed by atoms with van der Waals surface area (Å²) in [5, 5.41) is 0. The third-order valence-electron chi connectivity index (χ3n) is 4.92. The van der Waals surface area contributed by atoms with Crippen LogP contribution in [0.15, 0.2) is 60.2 Å². The molecular formula is C21H19Zr. The third-order valence-corrected chi connectivity index (χ3v) is 6.29. The molecule has 22 heavy (non-hydrogen) atoms. The Hall–Kier alpha value is -1.20. The molecule has 107 valence electrons. The topological polar surface area (TPSA) is 0 Å². The van der Waals surface area contributed by atoms with E-state index in [9.17, 15) is 0 Å². The Kier molecular flexibility index (Phi) is 3.57. The molecule has 0 nitrogen and oxygen atoms in total. The maximum absolute atomic E-state index is 2.36. The molecule has 0 amide bonds. The summed E-state index contributed by atoms with van der Waals surface area (Å²) in [6, 6.07) is 13.7. The van der Waals surface area contributed by atoms with E-state index in [2.05, 4.69) is 68.5 Å². The summed E-state index contributed by atoms with van der Waals surface area (Å²) in [5.41, 5.74) is 9.06. The van der Waals surface area contributed by atoms with E-state index >= 15 is 0 Å². The van der Waals surface area contributed by atoms with Gasteiger partial charge in [0.15, 0.2) is 0 Å². The first kappa shape index (κ1) is 14.4.